The number of aromatic nitrogens is 6. The molecule has 0 aliphatic heterocycles. The van der Waals surface area contributed by atoms with E-state index in [9.17, 15) is 28.8 Å². The molecule has 0 saturated heterocycles. The molecule has 5 amide bonds. The number of benzene rings is 8. The summed E-state index contributed by atoms with van der Waals surface area (Å²) in [5.41, 5.74) is 22.2. The summed E-state index contributed by atoms with van der Waals surface area (Å²) in [4.78, 5) is 97.1. The van der Waals surface area contributed by atoms with Crippen LogP contribution in [0, 0.1) is 13.8 Å². The Bertz CT molecular complexity index is 4970. The molecule has 0 bridgehead atoms. The second-order valence-corrected chi connectivity index (χ2v) is 23.1. The van der Waals surface area contributed by atoms with Crippen molar-refractivity contribution in [3.63, 3.8) is 0 Å². The van der Waals surface area contributed by atoms with E-state index in [0.717, 1.165) is 39.7 Å². The van der Waals surface area contributed by atoms with Gasteiger partial charge in [-0.25, -0.2) is 15.0 Å². The first-order valence-corrected chi connectivity index (χ1v) is 32.9. The second-order valence-electron chi connectivity index (χ2n) is 22.7. The number of allylic oxidation sites excluding steroid dienone is 1. The van der Waals surface area contributed by atoms with Gasteiger partial charge in [-0.2, -0.15) is 15.0 Å². The number of anilines is 15. The first-order valence-electron chi connectivity index (χ1n) is 32.6. The van der Waals surface area contributed by atoms with Gasteiger partial charge in [-0.1, -0.05) is 116 Å². The Morgan fingerprint density at radius 2 is 0.720 bits per heavy atom. The van der Waals surface area contributed by atoms with Gasteiger partial charge in [-0.15, -0.1) is 0 Å². The van der Waals surface area contributed by atoms with Crippen molar-refractivity contribution in [3.05, 3.63) is 290 Å². The van der Waals surface area contributed by atoms with E-state index in [-0.39, 0.29) is 52.5 Å². The Hall–Kier alpha value is -14.5. The lowest BCUT2D eigenvalue weighted by Crippen LogP contribution is -2.24. The Morgan fingerprint density at radius 3 is 1.05 bits per heavy atom. The van der Waals surface area contributed by atoms with E-state index in [0.29, 0.717) is 93.3 Å². The van der Waals surface area contributed by atoms with Crippen LogP contribution in [0.15, 0.2) is 251 Å². The van der Waals surface area contributed by atoms with Gasteiger partial charge < -0.3 is 78.8 Å². The topological polar surface area (TPSA) is 380 Å². The number of hydrogen-bond acceptors (Lipinski definition) is 22. The third-order valence-electron chi connectivity index (χ3n) is 14.7. The van der Waals surface area contributed by atoms with Gasteiger partial charge in [-0.05, 0) is 146 Å². The molecule has 3 aromatic heterocycles. The van der Waals surface area contributed by atoms with Gasteiger partial charge in [0.2, 0.25) is 34.9 Å². The molecule has 0 radical (unpaired) electrons. The van der Waals surface area contributed by atoms with Crippen molar-refractivity contribution in [2.45, 2.75) is 26.9 Å². The van der Waals surface area contributed by atoms with E-state index in [4.69, 9.17) is 37.3 Å². The van der Waals surface area contributed by atoms with Crippen LogP contribution in [-0.2, 0) is 27.5 Å². The number of halogens is 1. The number of nitrogen functional groups attached to an aromatic ring is 1. The third kappa shape index (κ3) is 25.2. The first-order chi connectivity index (χ1) is 51.7. The number of carbonyl (C=O) groups is 6. The summed E-state index contributed by atoms with van der Waals surface area (Å²) in [5.74, 6) is 1.81. The number of nitrogens with one attached hydrogen (secondary N) is 10. The number of primary amides is 1. The van der Waals surface area contributed by atoms with Crippen LogP contribution in [0.25, 0.3) is 0 Å². The van der Waals surface area contributed by atoms with Crippen LogP contribution in [0.3, 0.4) is 0 Å². The molecule has 0 atom stereocenters. The first kappa shape index (κ1) is 78.3. The van der Waals surface area contributed by atoms with Crippen LogP contribution < -0.4 is 78.8 Å². The minimum Gasteiger partial charge on any atom is -0.497 e. The SMILES string of the molecule is C=CC(=O)Cl.C=CC(=O)Nc1cccc(Nc2nc(Nc3cccc(OC)c3)ncc2C(=O)NCc2ccc(C)cc2)c1.C=CC(=O)Nc1cccc(Nc2nc(Nc3cccc(OC)c3)ncc2C(N)=O)c1.COc1cccc(Nc2ncc(C(=O)NCc3ccc(C)cc3)c(Nc3cccc(N)c3)n2)c1. The monoisotopic (exact) mass is 1460 g/mol. The molecule has 0 saturated carbocycles. The highest BCUT2D eigenvalue weighted by Crippen LogP contribution is 2.29. The summed E-state index contributed by atoms with van der Waals surface area (Å²) in [6.45, 7) is 14.7. The molecular weight excluding hydrogens is 1380 g/mol. The average Bonchev–Trinajstić information content (AvgIpc) is 0.836. The van der Waals surface area contributed by atoms with E-state index in [2.05, 4.69) is 103 Å². The van der Waals surface area contributed by atoms with Crippen molar-refractivity contribution in [1.29, 1.82) is 0 Å². The lowest BCUT2D eigenvalue weighted by atomic mass is 10.1. The molecule has 0 spiro atoms. The number of amides is 5. The molecule has 14 N–H and O–H groups in total. The summed E-state index contributed by atoms with van der Waals surface area (Å²) >= 11 is 4.71. The lowest BCUT2D eigenvalue weighted by Gasteiger charge is -2.14. The minimum atomic E-state index is -0.679. The standard InChI is InChI=1S/C29H28N6O3.C26H26N6O2.C21H20N6O3.C3H3ClO/c1-4-26(36)32-21-7-5-8-22(15-21)33-27-25(28(37)30-17-20-13-11-19(2)12-14-20)18-31-29(35-27)34-23-9-6-10-24(16-23)38-3;1-17-9-11-18(12-10-17)15-28-25(33)23-16-29-26(31-21-7-4-8-22(14-21)34-2)32-24(23)30-20-6-3-5-19(27)13-20;1-3-18(28)24-13-6-4-7-14(10-13)25-20-17(19(22)29)12-23-21(27-20)26-15-8-5-9-16(11-15)30-2;1-2-3(4)5/h4-16,18H,1,17H2,2-3H3,(H,30,37)(H,32,36)(H2,31,33,34,35);3-14,16H,15,27H2,1-2H3,(H,28,33)(H2,29,30,31,32);3-12H,1H2,2H3,(H2,22,29)(H,24,28)(H2,23,25,26,27);2H,1H2. The molecular formula is C79H77ClN18O9. The summed E-state index contributed by atoms with van der Waals surface area (Å²) in [7, 11) is 4.77. The van der Waals surface area contributed by atoms with E-state index in [1.54, 1.807) is 88.1 Å². The number of aryl methyl sites for hydroxylation is 2. The summed E-state index contributed by atoms with van der Waals surface area (Å²) in [6.07, 6.45) is 7.70. The van der Waals surface area contributed by atoms with Crippen molar-refractivity contribution in [1.82, 2.24) is 40.5 Å². The zero-order chi connectivity index (χ0) is 76.6. The van der Waals surface area contributed by atoms with Gasteiger partial charge in [-0.3, -0.25) is 28.8 Å². The predicted molar refractivity (Wildman–Crippen MR) is 420 cm³/mol. The molecule has 11 rings (SSSR count). The van der Waals surface area contributed by atoms with Crippen LogP contribution in [0.4, 0.5) is 86.5 Å². The van der Waals surface area contributed by atoms with Crippen molar-refractivity contribution >= 4 is 133 Å². The van der Waals surface area contributed by atoms with Gasteiger partial charge in [0.15, 0.2) is 0 Å². The van der Waals surface area contributed by atoms with Crippen LogP contribution >= 0.6 is 11.6 Å². The van der Waals surface area contributed by atoms with Gasteiger partial charge in [0.05, 0.1) is 21.3 Å². The van der Waals surface area contributed by atoms with Crippen LogP contribution in [0.2, 0.25) is 0 Å². The lowest BCUT2D eigenvalue weighted by molar-refractivity contribution is -0.112. The maximum absolute atomic E-state index is 13.2. The van der Waals surface area contributed by atoms with Gasteiger partial charge in [0.1, 0.15) is 51.4 Å². The number of nitrogens with zero attached hydrogens (tertiary/aromatic N) is 6. The van der Waals surface area contributed by atoms with Gasteiger partial charge in [0, 0.05) is 101 Å². The Balaban J connectivity index is 0.000000197. The number of ether oxygens (including phenoxy) is 3. The zero-order valence-corrected chi connectivity index (χ0v) is 59.6. The molecule has 3 heterocycles. The Morgan fingerprint density at radius 1 is 0.411 bits per heavy atom. The molecule has 11 aromatic rings. The van der Waals surface area contributed by atoms with E-state index in [1.165, 1.54) is 30.7 Å². The summed E-state index contributed by atoms with van der Waals surface area (Å²) in [5, 5.41) is 29.5. The molecule has 0 unspecified atom stereocenters. The normalized spacial score (nSPS) is 10.1. The van der Waals surface area contributed by atoms with Crippen LogP contribution in [0.1, 0.15) is 53.3 Å². The fraction of sp³-hybridized carbons (Fsp3) is 0.0886. The number of carbonyl (C=O) groups excluding carboxylic acids is 6. The maximum Gasteiger partial charge on any atom is 0.256 e. The second kappa shape index (κ2) is 39.7. The smallest absolute Gasteiger partial charge is 0.256 e. The molecule has 27 nitrogen and oxygen atoms in total. The van der Waals surface area contributed by atoms with E-state index in [1.807, 2.05) is 141 Å². The van der Waals surface area contributed by atoms with Crippen LogP contribution in [0.5, 0.6) is 17.2 Å². The fourth-order valence-corrected chi connectivity index (χ4v) is 9.34. The molecule has 0 fully saturated rings. The third-order valence-corrected chi connectivity index (χ3v) is 14.9. The molecule has 8 aromatic carbocycles. The summed E-state index contributed by atoms with van der Waals surface area (Å²) in [6, 6.07) is 59.1. The van der Waals surface area contributed by atoms with Crippen molar-refractivity contribution in [2.24, 2.45) is 5.73 Å². The average molecular weight is 1460 g/mol. The highest BCUT2D eigenvalue weighted by molar-refractivity contribution is 6.66. The van der Waals surface area contributed by atoms with Crippen molar-refractivity contribution in [2.75, 3.05) is 69.6 Å². The highest BCUT2D eigenvalue weighted by Gasteiger charge is 2.20. The quantitative estimate of drug-likeness (QED) is 0.0129. The van der Waals surface area contributed by atoms with Gasteiger partial charge >= 0.3 is 0 Å². The van der Waals surface area contributed by atoms with Crippen molar-refractivity contribution < 1.29 is 43.0 Å². The maximum atomic E-state index is 13.2. The molecule has 544 valence electrons. The van der Waals surface area contributed by atoms with Crippen LogP contribution in [-0.4, -0.2) is 86.0 Å². The highest BCUT2D eigenvalue weighted by atomic mass is 35.5. The van der Waals surface area contributed by atoms with Gasteiger partial charge in [0.25, 0.3) is 17.7 Å². The molecule has 0 aliphatic carbocycles. The minimum absolute atomic E-state index is 0.117. The van der Waals surface area contributed by atoms with E-state index < -0.39 is 11.1 Å². The zero-order valence-electron chi connectivity index (χ0n) is 58.9. The Labute approximate surface area is 622 Å². The molecule has 107 heavy (non-hydrogen) atoms. The predicted octanol–water partition coefficient (Wildman–Crippen LogP) is 14.3. The van der Waals surface area contributed by atoms with E-state index >= 15 is 0 Å². The number of hydrogen-bond donors (Lipinski definition) is 12. The Kier molecular flexibility index (Phi) is 29.0. The summed E-state index contributed by atoms with van der Waals surface area (Å²) < 4.78 is 15.8. The fourth-order valence-electron chi connectivity index (χ4n) is 9.34. The van der Waals surface area contributed by atoms with Crippen molar-refractivity contribution in [3.8, 4) is 17.2 Å². The largest absolute Gasteiger partial charge is 0.497 e. The molecule has 0 aliphatic rings. The molecule has 28 heteroatoms. The number of rotatable bonds is 27. The number of nitrogens with two attached hydrogens (primary N) is 2. The number of methoxy groups -OCH3 is 3.